The number of benzene rings is 3. The Morgan fingerprint density at radius 3 is 2.46 bits per heavy atom. The summed E-state index contributed by atoms with van der Waals surface area (Å²) in [5, 5.41) is 2.48. The van der Waals surface area contributed by atoms with Gasteiger partial charge in [0.2, 0.25) is 0 Å². The van der Waals surface area contributed by atoms with Gasteiger partial charge in [-0.25, -0.2) is 8.78 Å². The summed E-state index contributed by atoms with van der Waals surface area (Å²) in [4.78, 5) is 12.3. The lowest BCUT2D eigenvalue weighted by molar-refractivity contribution is 0.102. The van der Waals surface area contributed by atoms with Crippen LogP contribution in [0.25, 0.3) is 0 Å². The van der Waals surface area contributed by atoms with Crippen molar-refractivity contribution >= 4 is 11.6 Å². The molecule has 1 atom stereocenters. The van der Waals surface area contributed by atoms with Crippen LogP contribution in [0.3, 0.4) is 0 Å². The fourth-order valence-electron chi connectivity index (χ4n) is 3.86. The van der Waals surface area contributed by atoms with Gasteiger partial charge in [-0.2, -0.15) is 0 Å². The topological polar surface area (TPSA) is 29.1 Å². The van der Waals surface area contributed by atoms with Crippen molar-refractivity contribution in [3.8, 4) is 0 Å². The number of amides is 1. The third-order valence-electron chi connectivity index (χ3n) is 5.37. The predicted molar refractivity (Wildman–Crippen MR) is 106 cm³/mol. The van der Waals surface area contributed by atoms with E-state index >= 15 is 0 Å². The highest BCUT2D eigenvalue weighted by Crippen LogP contribution is 2.28. The van der Waals surface area contributed by atoms with E-state index in [1.165, 1.54) is 29.2 Å². The maximum Gasteiger partial charge on any atom is 0.255 e. The van der Waals surface area contributed by atoms with Gasteiger partial charge in [0.15, 0.2) is 0 Å². The van der Waals surface area contributed by atoms with Crippen molar-refractivity contribution < 1.29 is 13.6 Å². The van der Waals surface area contributed by atoms with Crippen LogP contribution in [-0.2, 0) is 19.3 Å². The lowest BCUT2D eigenvalue weighted by Gasteiger charge is -2.24. The number of aryl methyl sites for hydroxylation is 1. The smallest absolute Gasteiger partial charge is 0.255 e. The average molecular weight is 377 g/mol. The molecule has 1 unspecified atom stereocenters. The zero-order valence-electron chi connectivity index (χ0n) is 15.4. The van der Waals surface area contributed by atoms with Gasteiger partial charge >= 0.3 is 0 Å². The monoisotopic (exact) mass is 377 g/mol. The molecule has 0 saturated heterocycles. The quantitative estimate of drug-likeness (QED) is 0.633. The van der Waals surface area contributed by atoms with Gasteiger partial charge in [0, 0.05) is 11.6 Å². The van der Waals surface area contributed by atoms with Crippen LogP contribution in [0.2, 0.25) is 0 Å². The lowest BCUT2D eigenvalue weighted by atomic mass is 9.81. The first-order valence-electron chi connectivity index (χ1n) is 9.50. The van der Waals surface area contributed by atoms with E-state index in [0.29, 0.717) is 11.5 Å². The van der Waals surface area contributed by atoms with Crippen LogP contribution in [0, 0.1) is 17.6 Å². The Balaban J connectivity index is 1.39. The zero-order valence-corrected chi connectivity index (χ0v) is 15.4. The number of nitrogens with one attached hydrogen (secondary N) is 1. The van der Waals surface area contributed by atoms with E-state index < -0.39 is 17.5 Å². The summed E-state index contributed by atoms with van der Waals surface area (Å²) < 4.78 is 26.7. The van der Waals surface area contributed by atoms with Gasteiger partial charge in [-0.1, -0.05) is 36.4 Å². The molecule has 0 spiro atoms. The predicted octanol–water partition coefficient (Wildman–Crippen LogP) is 5.56. The highest BCUT2D eigenvalue weighted by atomic mass is 19.1. The van der Waals surface area contributed by atoms with Crippen molar-refractivity contribution in [1.82, 2.24) is 0 Å². The molecule has 3 aromatic carbocycles. The molecule has 1 aliphatic rings. The molecule has 28 heavy (non-hydrogen) atoms. The third kappa shape index (κ3) is 4.11. The molecular weight excluding hydrogens is 356 g/mol. The summed E-state index contributed by atoms with van der Waals surface area (Å²) in [5.41, 5.74) is 4.50. The van der Waals surface area contributed by atoms with Gasteiger partial charge in [0.25, 0.3) is 5.91 Å². The Hall–Kier alpha value is -3.01. The van der Waals surface area contributed by atoms with Crippen molar-refractivity contribution in [3.63, 3.8) is 0 Å². The summed E-state index contributed by atoms with van der Waals surface area (Å²) in [5.74, 6) is -1.28. The molecular formula is C24H21F2NO. The largest absolute Gasteiger partial charge is 0.319 e. The van der Waals surface area contributed by atoms with Crippen LogP contribution in [0.15, 0.2) is 66.7 Å². The molecule has 0 saturated carbocycles. The molecule has 0 aromatic heterocycles. The van der Waals surface area contributed by atoms with Gasteiger partial charge < -0.3 is 5.32 Å². The van der Waals surface area contributed by atoms with E-state index in [1.807, 2.05) is 12.1 Å². The van der Waals surface area contributed by atoms with E-state index in [0.717, 1.165) is 31.4 Å². The van der Waals surface area contributed by atoms with Crippen molar-refractivity contribution in [2.75, 3.05) is 5.32 Å². The molecule has 0 aliphatic heterocycles. The Kier molecular flexibility index (Phi) is 5.20. The Morgan fingerprint density at radius 1 is 0.964 bits per heavy atom. The van der Waals surface area contributed by atoms with Crippen molar-refractivity contribution in [2.45, 2.75) is 25.7 Å². The Labute approximate surface area is 163 Å². The highest BCUT2D eigenvalue weighted by Gasteiger charge is 2.18. The van der Waals surface area contributed by atoms with Crippen molar-refractivity contribution in [3.05, 3.63) is 101 Å². The molecule has 142 valence electrons. The molecule has 1 aliphatic carbocycles. The standard InChI is InChI=1S/C24H21F2NO/c25-21-11-12-23(22(26)15-21)27-24(28)19-9-5-16(6-10-19)13-17-7-8-18-3-1-2-4-20(18)14-17/h1-6,9-12,15,17H,7-8,13-14H2,(H,27,28). The molecule has 4 rings (SSSR count). The second kappa shape index (κ2) is 7.93. The average Bonchev–Trinajstić information content (AvgIpc) is 2.70. The third-order valence-corrected chi connectivity index (χ3v) is 5.37. The fraction of sp³-hybridized carbons (Fsp3) is 0.208. The zero-order chi connectivity index (χ0) is 19.5. The molecule has 4 heteroatoms. The minimum absolute atomic E-state index is 0.0312. The van der Waals surface area contributed by atoms with Gasteiger partial charge in [0.05, 0.1) is 5.69 Å². The SMILES string of the molecule is O=C(Nc1ccc(F)cc1F)c1ccc(CC2CCc3ccccc3C2)cc1. The maximum absolute atomic E-state index is 13.7. The summed E-state index contributed by atoms with van der Waals surface area (Å²) >= 11 is 0. The first kappa shape index (κ1) is 18.4. The molecule has 0 radical (unpaired) electrons. The van der Waals surface area contributed by atoms with E-state index in [9.17, 15) is 13.6 Å². The van der Waals surface area contributed by atoms with Gasteiger partial charge in [-0.15, -0.1) is 0 Å². The fourth-order valence-corrected chi connectivity index (χ4v) is 3.86. The minimum atomic E-state index is -0.789. The molecule has 0 heterocycles. The summed E-state index contributed by atoms with van der Waals surface area (Å²) in [7, 11) is 0. The van der Waals surface area contributed by atoms with Crippen LogP contribution in [0.5, 0.6) is 0 Å². The number of anilines is 1. The van der Waals surface area contributed by atoms with Crippen LogP contribution in [-0.4, -0.2) is 5.91 Å². The molecule has 1 N–H and O–H groups in total. The summed E-state index contributed by atoms with van der Waals surface area (Å²) in [6, 6.07) is 19.1. The molecule has 2 nitrogen and oxygen atoms in total. The van der Waals surface area contributed by atoms with Gasteiger partial charge in [-0.05, 0) is 72.6 Å². The normalized spacial score (nSPS) is 15.7. The molecule has 0 bridgehead atoms. The first-order chi connectivity index (χ1) is 13.6. The van der Waals surface area contributed by atoms with Crippen molar-refractivity contribution in [2.24, 2.45) is 5.92 Å². The minimum Gasteiger partial charge on any atom is -0.319 e. The molecule has 3 aromatic rings. The maximum atomic E-state index is 13.7. The number of hydrogen-bond acceptors (Lipinski definition) is 1. The van der Waals surface area contributed by atoms with Gasteiger partial charge in [-0.3, -0.25) is 4.79 Å². The van der Waals surface area contributed by atoms with E-state index in [-0.39, 0.29) is 5.69 Å². The number of fused-ring (bicyclic) bond motifs is 1. The highest BCUT2D eigenvalue weighted by molar-refractivity contribution is 6.04. The van der Waals surface area contributed by atoms with E-state index in [1.54, 1.807) is 12.1 Å². The van der Waals surface area contributed by atoms with E-state index in [4.69, 9.17) is 0 Å². The second-order valence-corrected chi connectivity index (χ2v) is 7.36. The summed E-state index contributed by atoms with van der Waals surface area (Å²) in [6.45, 7) is 0. The Bertz CT molecular complexity index is 998. The van der Waals surface area contributed by atoms with Crippen LogP contribution >= 0.6 is 0 Å². The lowest BCUT2D eigenvalue weighted by Crippen LogP contribution is -2.16. The number of carbonyl (C=O) groups is 1. The molecule has 1 amide bonds. The van der Waals surface area contributed by atoms with Gasteiger partial charge in [0.1, 0.15) is 11.6 Å². The van der Waals surface area contributed by atoms with E-state index in [2.05, 4.69) is 29.6 Å². The second-order valence-electron chi connectivity index (χ2n) is 7.36. The number of carbonyl (C=O) groups excluding carboxylic acids is 1. The first-order valence-corrected chi connectivity index (χ1v) is 9.50. The van der Waals surface area contributed by atoms with Crippen LogP contribution < -0.4 is 5.32 Å². The number of hydrogen-bond donors (Lipinski definition) is 1. The Morgan fingerprint density at radius 2 is 1.71 bits per heavy atom. The molecule has 0 fully saturated rings. The van der Waals surface area contributed by atoms with Crippen molar-refractivity contribution in [1.29, 1.82) is 0 Å². The van der Waals surface area contributed by atoms with Crippen LogP contribution in [0.1, 0.15) is 33.5 Å². The van der Waals surface area contributed by atoms with Crippen LogP contribution in [0.4, 0.5) is 14.5 Å². The number of rotatable bonds is 4. The summed E-state index contributed by atoms with van der Waals surface area (Å²) in [6.07, 6.45) is 4.35. The number of halogens is 2.